The number of sulfonamides is 1. The van der Waals surface area contributed by atoms with Crippen molar-refractivity contribution in [2.75, 3.05) is 43.1 Å². The fourth-order valence-electron chi connectivity index (χ4n) is 3.53. The van der Waals surface area contributed by atoms with E-state index < -0.39 is 10.0 Å². The van der Waals surface area contributed by atoms with Gasteiger partial charge < -0.3 is 9.64 Å². The number of benzene rings is 1. The molecule has 158 valence electrons. The van der Waals surface area contributed by atoms with Crippen LogP contribution in [0, 0.1) is 0 Å². The maximum Gasteiger partial charge on any atom is 0.243 e. The number of carbonyl (C=O) groups excluding carboxylic acids is 2. The fourth-order valence-corrected chi connectivity index (χ4v) is 4.95. The van der Waals surface area contributed by atoms with Gasteiger partial charge in [-0.15, -0.1) is 10.2 Å². The van der Waals surface area contributed by atoms with E-state index in [1.807, 2.05) is 4.90 Å². The van der Waals surface area contributed by atoms with Crippen LogP contribution in [0.1, 0.15) is 12.8 Å². The van der Waals surface area contributed by atoms with Crippen molar-refractivity contribution in [3.05, 3.63) is 36.4 Å². The third-order valence-electron chi connectivity index (χ3n) is 5.18. The summed E-state index contributed by atoms with van der Waals surface area (Å²) in [4.78, 5) is 26.9. The third kappa shape index (κ3) is 3.73. The molecule has 2 saturated heterocycles. The van der Waals surface area contributed by atoms with Gasteiger partial charge in [0.2, 0.25) is 27.7 Å². The highest BCUT2D eigenvalue weighted by Crippen LogP contribution is 2.26. The highest BCUT2D eigenvalue weighted by atomic mass is 32.2. The summed E-state index contributed by atoms with van der Waals surface area (Å²) in [7, 11) is -2.17. The Bertz CT molecular complexity index is 1030. The minimum absolute atomic E-state index is 0.128. The van der Waals surface area contributed by atoms with Crippen molar-refractivity contribution < 1.29 is 22.7 Å². The van der Waals surface area contributed by atoms with Gasteiger partial charge in [0.15, 0.2) is 5.82 Å². The van der Waals surface area contributed by atoms with Gasteiger partial charge in [0.05, 0.1) is 17.7 Å². The number of hydrogen-bond donors (Lipinski definition) is 0. The van der Waals surface area contributed by atoms with Crippen LogP contribution in [0.25, 0.3) is 0 Å². The van der Waals surface area contributed by atoms with Gasteiger partial charge in [-0.3, -0.25) is 14.5 Å². The summed E-state index contributed by atoms with van der Waals surface area (Å²) >= 11 is 0. The van der Waals surface area contributed by atoms with E-state index in [1.54, 1.807) is 12.1 Å². The Morgan fingerprint density at radius 2 is 1.50 bits per heavy atom. The van der Waals surface area contributed by atoms with Crippen LogP contribution >= 0.6 is 0 Å². The highest BCUT2D eigenvalue weighted by molar-refractivity contribution is 7.89. The maximum absolute atomic E-state index is 13.0. The Kier molecular flexibility index (Phi) is 5.39. The second-order valence-electron chi connectivity index (χ2n) is 6.94. The topological polar surface area (TPSA) is 113 Å². The smallest absolute Gasteiger partial charge is 0.243 e. The SMILES string of the molecule is COc1ccc(N2CCN(S(=O)(=O)c3ccc(N4C(=O)CCC4=O)cc3)CC2)nn1. The van der Waals surface area contributed by atoms with Crippen molar-refractivity contribution in [2.45, 2.75) is 17.7 Å². The van der Waals surface area contributed by atoms with Crippen molar-refractivity contribution in [3.63, 3.8) is 0 Å². The molecule has 0 aliphatic carbocycles. The number of hydrogen-bond acceptors (Lipinski definition) is 8. The molecule has 0 N–H and O–H groups in total. The van der Waals surface area contributed by atoms with Crippen molar-refractivity contribution >= 4 is 33.3 Å². The van der Waals surface area contributed by atoms with Crippen LogP contribution in [0.3, 0.4) is 0 Å². The first-order chi connectivity index (χ1) is 14.4. The predicted octanol–water partition coefficient (Wildman–Crippen LogP) is 0.649. The van der Waals surface area contributed by atoms with Crippen LogP contribution in [0.4, 0.5) is 11.5 Å². The summed E-state index contributed by atoms with van der Waals surface area (Å²) in [6, 6.07) is 9.36. The number of piperazine rings is 1. The molecular weight excluding hydrogens is 410 g/mol. The van der Waals surface area contributed by atoms with E-state index in [0.29, 0.717) is 43.6 Å². The van der Waals surface area contributed by atoms with Gasteiger partial charge in [-0.2, -0.15) is 4.31 Å². The molecule has 2 aliphatic rings. The van der Waals surface area contributed by atoms with Crippen LogP contribution in [0.2, 0.25) is 0 Å². The van der Waals surface area contributed by atoms with Crippen LogP contribution in [-0.4, -0.2) is 68.0 Å². The second kappa shape index (κ2) is 8.00. The zero-order valence-corrected chi connectivity index (χ0v) is 17.2. The number of imide groups is 1. The first kappa shape index (κ1) is 20.2. The molecule has 2 aromatic rings. The maximum atomic E-state index is 13.0. The van der Waals surface area contributed by atoms with Crippen molar-refractivity contribution in [1.82, 2.24) is 14.5 Å². The van der Waals surface area contributed by atoms with Crippen molar-refractivity contribution in [3.8, 4) is 5.88 Å². The molecule has 1 aromatic heterocycles. The number of ether oxygens (including phenoxy) is 1. The van der Waals surface area contributed by atoms with Gasteiger partial charge >= 0.3 is 0 Å². The van der Waals surface area contributed by atoms with Gasteiger partial charge in [-0.05, 0) is 30.3 Å². The lowest BCUT2D eigenvalue weighted by molar-refractivity contribution is -0.121. The number of anilines is 2. The molecule has 30 heavy (non-hydrogen) atoms. The first-order valence-corrected chi connectivity index (χ1v) is 10.9. The van der Waals surface area contributed by atoms with Crippen LogP contribution in [-0.2, 0) is 19.6 Å². The molecule has 0 bridgehead atoms. The molecule has 4 rings (SSSR count). The largest absolute Gasteiger partial charge is 0.480 e. The molecule has 2 aliphatic heterocycles. The van der Waals surface area contributed by atoms with Crippen LogP contribution in [0.5, 0.6) is 5.88 Å². The highest BCUT2D eigenvalue weighted by Gasteiger charge is 2.32. The Morgan fingerprint density at radius 1 is 0.867 bits per heavy atom. The molecule has 0 radical (unpaired) electrons. The lowest BCUT2D eigenvalue weighted by Gasteiger charge is -2.34. The Morgan fingerprint density at radius 3 is 2.03 bits per heavy atom. The van der Waals surface area contributed by atoms with E-state index in [1.165, 1.54) is 35.7 Å². The van der Waals surface area contributed by atoms with Crippen molar-refractivity contribution in [1.29, 1.82) is 0 Å². The lowest BCUT2D eigenvalue weighted by Crippen LogP contribution is -2.49. The van der Waals surface area contributed by atoms with E-state index >= 15 is 0 Å². The molecule has 3 heterocycles. The standard InChI is InChI=1S/C19H21N5O5S/c1-29-17-7-6-16(20-21-17)22-10-12-23(13-11-22)30(27,28)15-4-2-14(3-5-15)24-18(25)8-9-19(24)26/h2-7H,8-13H2,1H3. The van der Waals surface area contributed by atoms with E-state index in [9.17, 15) is 18.0 Å². The van der Waals surface area contributed by atoms with E-state index in [-0.39, 0.29) is 29.6 Å². The lowest BCUT2D eigenvalue weighted by atomic mass is 10.3. The molecule has 10 nitrogen and oxygen atoms in total. The minimum Gasteiger partial charge on any atom is -0.480 e. The van der Waals surface area contributed by atoms with Crippen LogP contribution < -0.4 is 14.5 Å². The molecule has 0 atom stereocenters. The predicted molar refractivity (Wildman–Crippen MR) is 108 cm³/mol. The number of amides is 2. The molecule has 11 heteroatoms. The minimum atomic E-state index is -3.68. The molecule has 0 saturated carbocycles. The number of rotatable bonds is 5. The summed E-state index contributed by atoms with van der Waals surface area (Å²) < 4.78 is 32.4. The molecule has 0 unspecified atom stereocenters. The molecular formula is C19H21N5O5S. The van der Waals surface area contributed by atoms with Gasteiger partial charge in [0, 0.05) is 45.1 Å². The zero-order valence-electron chi connectivity index (χ0n) is 16.4. The Hall–Kier alpha value is -3.05. The number of methoxy groups -OCH3 is 1. The summed E-state index contributed by atoms with van der Waals surface area (Å²) in [6.45, 7) is 1.58. The van der Waals surface area contributed by atoms with Gasteiger partial charge in [0.1, 0.15) is 0 Å². The average molecular weight is 431 g/mol. The fraction of sp³-hybridized carbons (Fsp3) is 0.368. The van der Waals surface area contributed by atoms with Gasteiger partial charge in [-0.1, -0.05) is 0 Å². The second-order valence-corrected chi connectivity index (χ2v) is 8.88. The number of nitrogens with zero attached hydrogens (tertiary/aromatic N) is 5. The van der Waals surface area contributed by atoms with E-state index in [4.69, 9.17) is 4.74 Å². The zero-order chi connectivity index (χ0) is 21.3. The van der Waals surface area contributed by atoms with E-state index in [2.05, 4.69) is 10.2 Å². The quantitative estimate of drug-likeness (QED) is 0.634. The number of aromatic nitrogens is 2. The summed E-state index contributed by atoms with van der Waals surface area (Å²) in [5, 5.41) is 8.04. The molecule has 2 amide bonds. The van der Waals surface area contributed by atoms with Crippen LogP contribution in [0.15, 0.2) is 41.3 Å². The Balaban J connectivity index is 1.44. The van der Waals surface area contributed by atoms with Gasteiger partial charge in [0.25, 0.3) is 0 Å². The Labute approximate surface area is 174 Å². The van der Waals surface area contributed by atoms with E-state index in [0.717, 1.165) is 4.90 Å². The monoisotopic (exact) mass is 431 g/mol. The first-order valence-electron chi connectivity index (χ1n) is 9.49. The van der Waals surface area contributed by atoms with Gasteiger partial charge in [-0.25, -0.2) is 8.42 Å². The van der Waals surface area contributed by atoms with Crippen molar-refractivity contribution in [2.24, 2.45) is 0 Å². The normalized spacial score (nSPS) is 18.2. The third-order valence-corrected chi connectivity index (χ3v) is 7.09. The average Bonchev–Trinajstić information content (AvgIpc) is 3.12. The molecule has 0 spiro atoms. The summed E-state index contributed by atoms with van der Waals surface area (Å²) in [5.41, 5.74) is 0.393. The summed E-state index contributed by atoms with van der Waals surface area (Å²) in [6.07, 6.45) is 0.365. The summed E-state index contributed by atoms with van der Waals surface area (Å²) in [5.74, 6) is 0.541. The number of carbonyl (C=O) groups is 2. The molecule has 2 fully saturated rings. The molecule has 1 aromatic carbocycles.